The van der Waals surface area contributed by atoms with Crippen LogP contribution in [0, 0.1) is 6.92 Å². The molecule has 0 aliphatic rings. The Morgan fingerprint density at radius 1 is 1.10 bits per heavy atom. The molecule has 0 spiro atoms. The van der Waals surface area contributed by atoms with Crippen molar-refractivity contribution in [3.8, 4) is 5.75 Å². The average molecular weight is 310 g/mol. The maximum Gasteiger partial charge on any atom is 0.123 e. The zero-order chi connectivity index (χ0) is 14.5. The third-order valence-electron chi connectivity index (χ3n) is 3.06. The molecular weight excluding hydrogens is 293 g/mol. The van der Waals surface area contributed by atoms with E-state index in [0.717, 1.165) is 23.3 Å². The van der Waals surface area contributed by atoms with Gasteiger partial charge in [0.05, 0.1) is 0 Å². The molecule has 0 fully saturated rings. The van der Waals surface area contributed by atoms with E-state index in [1.54, 1.807) is 0 Å². The van der Waals surface area contributed by atoms with Crippen LogP contribution in [-0.2, 0) is 13.0 Å². The molecule has 0 bridgehead atoms. The predicted molar refractivity (Wildman–Crippen MR) is 84.7 cm³/mol. The standard InChI is InChI=1S/C16H17Cl2NO/c1-11-5-6-16(12(9-11)7-8-19)20-10-13-14(17)3-2-4-15(13)18/h2-6,9H,7-8,10,19H2,1H3. The molecule has 0 unspecified atom stereocenters. The summed E-state index contributed by atoms with van der Waals surface area (Å²) in [6.07, 6.45) is 0.785. The van der Waals surface area contributed by atoms with E-state index in [1.165, 1.54) is 5.56 Å². The van der Waals surface area contributed by atoms with E-state index < -0.39 is 0 Å². The highest BCUT2D eigenvalue weighted by Crippen LogP contribution is 2.27. The fourth-order valence-electron chi connectivity index (χ4n) is 2.02. The molecule has 0 radical (unpaired) electrons. The molecule has 0 amide bonds. The van der Waals surface area contributed by atoms with Gasteiger partial charge >= 0.3 is 0 Å². The van der Waals surface area contributed by atoms with Gasteiger partial charge in [0.2, 0.25) is 0 Å². The third-order valence-corrected chi connectivity index (χ3v) is 3.77. The third kappa shape index (κ3) is 3.66. The van der Waals surface area contributed by atoms with Crippen molar-refractivity contribution in [1.82, 2.24) is 0 Å². The Morgan fingerprint density at radius 3 is 2.45 bits per heavy atom. The summed E-state index contributed by atoms with van der Waals surface area (Å²) in [7, 11) is 0. The zero-order valence-electron chi connectivity index (χ0n) is 11.3. The first-order valence-corrected chi connectivity index (χ1v) is 7.22. The van der Waals surface area contributed by atoms with Gasteiger partial charge in [-0.2, -0.15) is 0 Å². The summed E-state index contributed by atoms with van der Waals surface area (Å²) < 4.78 is 5.87. The van der Waals surface area contributed by atoms with Crippen molar-refractivity contribution in [2.24, 2.45) is 5.73 Å². The highest BCUT2D eigenvalue weighted by Gasteiger charge is 2.08. The van der Waals surface area contributed by atoms with Gasteiger partial charge in [0.15, 0.2) is 0 Å². The monoisotopic (exact) mass is 309 g/mol. The quantitative estimate of drug-likeness (QED) is 0.889. The van der Waals surface area contributed by atoms with Gasteiger partial charge in [-0.1, -0.05) is 47.0 Å². The van der Waals surface area contributed by atoms with Crippen LogP contribution in [0.5, 0.6) is 5.75 Å². The molecule has 2 aromatic carbocycles. The van der Waals surface area contributed by atoms with Gasteiger partial charge in [-0.15, -0.1) is 0 Å². The van der Waals surface area contributed by atoms with Crippen molar-refractivity contribution in [1.29, 1.82) is 0 Å². The SMILES string of the molecule is Cc1ccc(OCc2c(Cl)cccc2Cl)c(CCN)c1. The number of ether oxygens (including phenoxy) is 1. The predicted octanol–water partition coefficient (Wildman–Crippen LogP) is 4.38. The van der Waals surface area contributed by atoms with Crippen LogP contribution < -0.4 is 10.5 Å². The number of halogens is 2. The van der Waals surface area contributed by atoms with Crippen molar-refractivity contribution in [2.75, 3.05) is 6.54 Å². The van der Waals surface area contributed by atoms with Crippen LogP contribution in [-0.4, -0.2) is 6.54 Å². The number of hydrogen-bond acceptors (Lipinski definition) is 2. The van der Waals surface area contributed by atoms with Crippen molar-refractivity contribution >= 4 is 23.2 Å². The summed E-state index contributed by atoms with van der Waals surface area (Å²) in [4.78, 5) is 0. The topological polar surface area (TPSA) is 35.2 Å². The number of nitrogens with two attached hydrogens (primary N) is 1. The van der Waals surface area contributed by atoms with Gasteiger partial charge in [-0.25, -0.2) is 0 Å². The molecule has 0 saturated heterocycles. The largest absolute Gasteiger partial charge is 0.489 e. The van der Waals surface area contributed by atoms with E-state index in [2.05, 4.69) is 13.0 Å². The molecule has 0 heterocycles. The fraction of sp³-hybridized carbons (Fsp3) is 0.250. The Hall–Kier alpha value is -1.22. The summed E-state index contributed by atoms with van der Waals surface area (Å²) in [5, 5.41) is 1.23. The van der Waals surface area contributed by atoms with Crippen LogP contribution in [0.1, 0.15) is 16.7 Å². The van der Waals surface area contributed by atoms with Crippen LogP contribution in [0.3, 0.4) is 0 Å². The zero-order valence-corrected chi connectivity index (χ0v) is 12.8. The second-order valence-electron chi connectivity index (χ2n) is 4.64. The Bertz CT molecular complexity index is 579. The van der Waals surface area contributed by atoms with E-state index in [1.807, 2.05) is 30.3 Å². The van der Waals surface area contributed by atoms with Crippen molar-refractivity contribution in [3.05, 3.63) is 63.1 Å². The van der Waals surface area contributed by atoms with Crippen LogP contribution in [0.25, 0.3) is 0 Å². The summed E-state index contributed by atoms with van der Waals surface area (Å²) in [5.74, 6) is 0.831. The van der Waals surface area contributed by atoms with E-state index in [4.69, 9.17) is 33.7 Å². The van der Waals surface area contributed by atoms with Gasteiger partial charge < -0.3 is 10.5 Å². The number of benzene rings is 2. The van der Waals surface area contributed by atoms with Crippen LogP contribution in [0.2, 0.25) is 10.0 Å². The van der Waals surface area contributed by atoms with E-state index in [9.17, 15) is 0 Å². The van der Waals surface area contributed by atoms with Gasteiger partial charge in [0.25, 0.3) is 0 Å². The lowest BCUT2D eigenvalue weighted by Crippen LogP contribution is -2.06. The number of aryl methyl sites for hydroxylation is 1. The minimum Gasteiger partial charge on any atom is -0.489 e. The minimum atomic E-state index is 0.346. The number of hydrogen-bond donors (Lipinski definition) is 1. The van der Waals surface area contributed by atoms with E-state index in [-0.39, 0.29) is 0 Å². The summed E-state index contributed by atoms with van der Waals surface area (Å²) >= 11 is 12.3. The molecule has 0 aromatic heterocycles. The molecule has 4 heteroatoms. The van der Waals surface area contributed by atoms with Gasteiger partial charge in [0.1, 0.15) is 12.4 Å². The first-order valence-electron chi connectivity index (χ1n) is 6.47. The fourth-order valence-corrected chi connectivity index (χ4v) is 2.53. The first kappa shape index (κ1) is 15.2. The maximum atomic E-state index is 6.14. The molecule has 0 aliphatic carbocycles. The Kier molecular flexibility index (Phi) is 5.30. The molecule has 2 nitrogen and oxygen atoms in total. The van der Waals surface area contributed by atoms with Gasteiger partial charge in [-0.05, 0) is 43.7 Å². The smallest absolute Gasteiger partial charge is 0.123 e. The van der Waals surface area contributed by atoms with Gasteiger partial charge in [0, 0.05) is 15.6 Å². The molecule has 2 rings (SSSR count). The van der Waals surface area contributed by atoms with Crippen molar-refractivity contribution in [2.45, 2.75) is 20.0 Å². The highest BCUT2D eigenvalue weighted by molar-refractivity contribution is 6.35. The molecule has 0 aliphatic heterocycles. The molecule has 0 saturated carbocycles. The second kappa shape index (κ2) is 6.98. The van der Waals surface area contributed by atoms with Crippen LogP contribution in [0.4, 0.5) is 0 Å². The molecular formula is C16H17Cl2NO. The lowest BCUT2D eigenvalue weighted by molar-refractivity contribution is 0.303. The Labute approximate surface area is 129 Å². The normalized spacial score (nSPS) is 10.6. The second-order valence-corrected chi connectivity index (χ2v) is 5.45. The molecule has 2 aromatic rings. The Morgan fingerprint density at radius 2 is 1.80 bits per heavy atom. The van der Waals surface area contributed by atoms with Gasteiger partial charge in [-0.3, -0.25) is 0 Å². The van der Waals surface area contributed by atoms with Crippen LogP contribution in [0.15, 0.2) is 36.4 Å². The molecule has 0 atom stereocenters. The lowest BCUT2D eigenvalue weighted by atomic mass is 10.1. The summed E-state index contributed by atoms with van der Waals surface area (Å²) in [5.41, 5.74) is 8.74. The number of rotatable bonds is 5. The van der Waals surface area contributed by atoms with Crippen molar-refractivity contribution < 1.29 is 4.74 Å². The van der Waals surface area contributed by atoms with Crippen molar-refractivity contribution in [3.63, 3.8) is 0 Å². The first-order chi connectivity index (χ1) is 9.61. The highest BCUT2D eigenvalue weighted by atomic mass is 35.5. The molecule has 20 heavy (non-hydrogen) atoms. The average Bonchev–Trinajstić information content (AvgIpc) is 2.40. The lowest BCUT2D eigenvalue weighted by Gasteiger charge is -2.13. The molecule has 2 N–H and O–H groups in total. The summed E-state index contributed by atoms with van der Waals surface area (Å²) in [6.45, 7) is 2.99. The van der Waals surface area contributed by atoms with E-state index in [0.29, 0.717) is 23.2 Å². The maximum absolute atomic E-state index is 6.14. The van der Waals surface area contributed by atoms with E-state index >= 15 is 0 Å². The summed E-state index contributed by atoms with van der Waals surface area (Å²) in [6, 6.07) is 11.5. The molecule has 106 valence electrons. The Balaban J connectivity index is 2.18. The minimum absolute atomic E-state index is 0.346. The van der Waals surface area contributed by atoms with Crippen LogP contribution >= 0.6 is 23.2 Å².